The van der Waals surface area contributed by atoms with Crippen LogP contribution in [0.4, 0.5) is 0 Å². The van der Waals surface area contributed by atoms with E-state index in [9.17, 15) is 0 Å². The van der Waals surface area contributed by atoms with E-state index < -0.39 is 0 Å². The molecule has 2 heterocycles. The first-order valence-electron chi connectivity index (χ1n) is 14.3. The van der Waals surface area contributed by atoms with Crippen molar-refractivity contribution in [3.05, 3.63) is 139 Å². The van der Waals surface area contributed by atoms with E-state index in [0.29, 0.717) is 0 Å². The van der Waals surface area contributed by atoms with Gasteiger partial charge < -0.3 is 8.98 Å². The Kier molecular flexibility index (Phi) is 4.42. The van der Waals surface area contributed by atoms with Gasteiger partial charge in [-0.1, -0.05) is 86.6 Å². The van der Waals surface area contributed by atoms with Crippen LogP contribution in [0.25, 0.3) is 71.7 Å². The highest BCUT2D eigenvalue weighted by molar-refractivity contribution is 6.11. The number of rotatable bonds is 2. The van der Waals surface area contributed by atoms with Gasteiger partial charge in [0.05, 0.1) is 11.0 Å². The third-order valence-corrected chi connectivity index (χ3v) is 9.20. The van der Waals surface area contributed by atoms with E-state index >= 15 is 0 Å². The summed E-state index contributed by atoms with van der Waals surface area (Å²) in [6.07, 6.45) is 0. The average molecular weight is 526 g/mol. The first-order valence-corrected chi connectivity index (χ1v) is 14.3. The minimum Gasteiger partial charge on any atom is -0.456 e. The van der Waals surface area contributed by atoms with Crippen LogP contribution in [0.3, 0.4) is 0 Å². The molecule has 0 saturated carbocycles. The maximum absolute atomic E-state index is 6.55. The van der Waals surface area contributed by atoms with Gasteiger partial charge in [0.15, 0.2) is 0 Å². The predicted octanol–water partition coefficient (Wildman–Crippen LogP) is 10.7. The first kappa shape index (κ1) is 22.7. The van der Waals surface area contributed by atoms with E-state index in [1.54, 1.807) is 0 Å². The molecule has 1 aliphatic carbocycles. The number of aromatic nitrogens is 1. The van der Waals surface area contributed by atoms with Crippen LogP contribution in [0.2, 0.25) is 0 Å². The summed E-state index contributed by atoms with van der Waals surface area (Å²) in [4.78, 5) is 0. The van der Waals surface area contributed by atoms with E-state index in [1.165, 1.54) is 60.7 Å². The lowest BCUT2D eigenvalue weighted by atomic mass is 9.82. The predicted molar refractivity (Wildman–Crippen MR) is 171 cm³/mol. The quantitative estimate of drug-likeness (QED) is 0.219. The zero-order valence-electron chi connectivity index (χ0n) is 23.0. The topological polar surface area (TPSA) is 18.1 Å². The van der Waals surface area contributed by atoms with Gasteiger partial charge in [0, 0.05) is 32.6 Å². The van der Waals surface area contributed by atoms with E-state index in [0.717, 1.165) is 22.1 Å². The number of nitrogens with zero attached hydrogens (tertiary/aromatic N) is 1. The van der Waals surface area contributed by atoms with Crippen molar-refractivity contribution >= 4 is 43.7 Å². The summed E-state index contributed by atoms with van der Waals surface area (Å²) < 4.78 is 8.90. The third-order valence-electron chi connectivity index (χ3n) is 9.20. The normalized spacial score (nSPS) is 13.8. The third kappa shape index (κ3) is 3.08. The Bertz CT molecular complexity index is 2330. The van der Waals surface area contributed by atoms with Crippen LogP contribution in [0.5, 0.6) is 0 Å². The highest BCUT2D eigenvalue weighted by Gasteiger charge is 2.36. The molecule has 8 aromatic rings. The van der Waals surface area contributed by atoms with Crippen LogP contribution >= 0.6 is 0 Å². The van der Waals surface area contributed by atoms with Gasteiger partial charge in [-0.15, -0.1) is 0 Å². The Morgan fingerprint density at radius 3 is 2.10 bits per heavy atom. The highest BCUT2D eigenvalue weighted by atomic mass is 16.3. The molecule has 0 fully saturated rings. The van der Waals surface area contributed by atoms with Crippen molar-refractivity contribution in [2.75, 3.05) is 0 Å². The van der Waals surface area contributed by atoms with Crippen LogP contribution in [-0.4, -0.2) is 4.57 Å². The van der Waals surface area contributed by atoms with Crippen LogP contribution in [0.15, 0.2) is 132 Å². The molecule has 194 valence electrons. The average Bonchev–Trinajstić information content (AvgIpc) is 3.62. The zero-order chi connectivity index (χ0) is 27.3. The molecule has 41 heavy (non-hydrogen) atoms. The van der Waals surface area contributed by atoms with Gasteiger partial charge in [0.1, 0.15) is 11.2 Å². The standard InChI is InChI=1S/C39H27NO/c1-39(2)33-14-8-6-12-27(33)30-22-32-29-18-16-25(21-37(29)41-38(32)23-34(30)39)24-17-19-36-31(20-24)28-13-7-9-15-35(28)40(36)26-10-4-3-5-11-26/h3-23H,1-2H3. The summed E-state index contributed by atoms with van der Waals surface area (Å²) in [5, 5.41) is 4.86. The van der Waals surface area contributed by atoms with Gasteiger partial charge in [0.25, 0.3) is 0 Å². The number of para-hydroxylation sites is 2. The van der Waals surface area contributed by atoms with E-state index in [-0.39, 0.29) is 5.41 Å². The Morgan fingerprint density at radius 2 is 1.20 bits per heavy atom. The molecule has 0 saturated heterocycles. The Labute approximate surface area is 238 Å². The molecule has 1 aliphatic rings. The minimum absolute atomic E-state index is 0.0431. The number of hydrogen-bond donors (Lipinski definition) is 0. The first-order chi connectivity index (χ1) is 20.1. The number of benzene rings is 6. The second-order valence-electron chi connectivity index (χ2n) is 11.8. The lowest BCUT2D eigenvalue weighted by Gasteiger charge is -2.21. The minimum atomic E-state index is -0.0431. The second-order valence-corrected chi connectivity index (χ2v) is 11.8. The fraction of sp³-hybridized carbons (Fsp3) is 0.0769. The van der Waals surface area contributed by atoms with Crippen molar-refractivity contribution in [1.82, 2.24) is 4.57 Å². The molecular formula is C39H27NO. The van der Waals surface area contributed by atoms with Crippen molar-refractivity contribution in [3.63, 3.8) is 0 Å². The molecule has 2 aromatic heterocycles. The van der Waals surface area contributed by atoms with Gasteiger partial charge in [-0.25, -0.2) is 0 Å². The van der Waals surface area contributed by atoms with Gasteiger partial charge in [-0.3, -0.25) is 0 Å². The number of fused-ring (bicyclic) bond motifs is 9. The smallest absolute Gasteiger partial charge is 0.136 e. The number of hydrogen-bond acceptors (Lipinski definition) is 1. The van der Waals surface area contributed by atoms with Crippen LogP contribution in [0, 0.1) is 0 Å². The fourth-order valence-corrected chi connectivity index (χ4v) is 7.16. The van der Waals surface area contributed by atoms with Crippen molar-refractivity contribution in [2.45, 2.75) is 19.3 Å². The van der Waals surface area contributed by atoms with Gasteiger partial charge >= 0.3 is 0 Å². The van der Waals surface area contributed by atoms with Gasteiger partial charge in [-0.2, -0.15) is 0 Å². The molecule has 0 aliphatic heterocycles. The zero-order valence-corrected chi connectivity index (χ0v) is 23.0. The van der Waals surface area contributed by atoms with Gasteiger partial charge in [-0.05, 0) is 88.0 Å². The van der Waals surface area contributed by atoms with E-state index in [2.05, 4.69) is 146 Å². The van der Waals surface area contributed by atoms with Crippen molar-refractivity contribution < 1.29 is 4.42 Å². The van der Waals surface area contributed by atoms with Gasteiger partial charge in [0.2, 0.25) is 0 Å². The van der Waals surface area contributed by atoms with Crippen LogP contribution in [-0.2, 0) is 5.41 Å². The molecule has 0 radical (unpaired) electrons. The molecule has 0 spiro atoms. The molecule has 0 bridgehead atoms. The second kappa shape index (κ2) is 7.99. The molecule has 0 N–H and O–H groups in total. The molecular weight excluding hydrogens is 498 g/mol. The summed E-state index contributed by atoms with van der Waals surface area (Å²) in [6.45, 7) is 4.63. The molecule has 2 nitrogen and oxygen atoms in total. The van der Waals surface area contributed by atoms with Crippen molar-refractivity contribution in [3.8, 4) is 27.9 Å². The maximum Gasteiger partial charge on any atom is 0.136 e. The van der Waals surface area contributed by atoms with Crippen molar-refractivity contribution in [1.29, 1.82) is 0 Å². The SMILES string of the molecule is CC1(C)c2ccccc2-c2cc3c(cc21)oc1cc(-c2ccc4c(c2)c2ccccc2n4-c2ccccc2)ccc13. The molecule has 2 heteroatoms. The monoisotopic (exact) mass is 525 g/mol. The Balaban J connectivity index is 1.22. The van der Waals surface area contributed by atoms with E-state index in [1.807, 2.05) is 0 Å². The largest absolute Gasteiger partial charge is 0.456 e. The van der Waals surface area contributed by atoms with Crippen LogP contribution < -0.4 is 0 Å². The number of furan rings is 1. The van der Waals surface area contributed by atoms with Crippen LogP contribution in [0.1, 0.15) is 25.0 Å². The molecule has 9 rings (SSSR count). The lowest BCUT2D eigenvalue weighted by molar-refractivity contribution is 0.647. The summed E-state index contributed by atoms with van der Waals surface area (Å²) >= 11 is 0. The molecule has 0 amide bonds. The van der Waals surface area contributed by atoms with Crippen molar-refractivity contribution in [2.24, 2.45) is 0 Å². The summed E-state index contributed by atoms with van der Waals surface area (Å²) in [5.74, 6) is 0. The molecule has 0 atom stereocenters. The summed E-state index contributed by atoms with van der Waals surface area (Å²) in [5.41, 5.74) is 13.2. The molecule has 6 aromatic carbocycles. The Morgan fingerprint density at radius 1 is 0.488 bits per heavy atom. The summed E-state index contributed by atoms with van der Waals surface area (Å²) in [6, 6.07) is 46.2. The lowest BCUT2D eigenvalue weighted by Crippen LogP contribution is -2.14. The fourth-order valence-electron chi connectivity index (χ4n) is 7.16. The summed E-state index contributed by atoms with van der Waals surface area (Å²) in [7, 11) is 0. The Hall–Kier alpha value is -5.08. The molecule has 0 unspecified atom stereocenters. The maximum atomic E-state index is 6.55. The highest BCUT2D eigenvalue weighted by Crippen LogP contribution is 2.50. The van der Waals surface area contributed by atoms with E-state index in [4.69, 9.17) is 4.42 Å².